The van der Waals surface area contributed by atoms with E-state index >= 15 is 0 Å². The van der Waals surface area contributed by atoms with Crippen LogP contribution < -0.4 is 0 Å². The molecule has 19 heavy (non-hydrogen) atoms. The van der Waals surface area contributed by atoms with Gasteiger partial charge in [0.15, 0.2) is 6.10 Å². The molecule has 0 saturated carbocycles. The second-order valence-electron chi connectivity index (χ2n) is 4.96. The lowest BCUT2D eigenvalue weighted by Crippen LogP contribution is -2.66. The summed E-state index contributed by atoms with van der Waals surface area (Å²) in [6.45, 7) is 4.85. The van der Waals surface area contributed by atoms with Crippen molar-refractivity contribution in [3.8, 4) is 0 Å². The zero-order chi connectivity index (χ0) is 14.6. The van der Waals surface area contributed by atoms with Crippen LogP contribution in [0.15, 0.2) is 0 Å². The predicted molar refractivity (Wildman–Crippen MR) is 68.1 cm³/mol. The lowest BCUT2D eigenvalue weighted by molar-refractivity contribution is -0.167. The van der Waals surface area contributed by atoms with Gasteiger partial charge in [-0.15, -0.1) is 11.8 Å². The topological polar surface area (TPSA) is 101 Å². The number of aliphatic carboxylic acids is 1. The van der Waals surface area contributed by atoms with Gasteiger partial charge < -0.3 is 10.0 Å². The van der Waals surface area contributed by atoms with Crippen molar-refractivity contribution in [3.05, 3.63) is 0 Å². The summed E-state index contributed by atoms with van der Waals surface area (Å²) in [4.78, 5) is 24.3. The van der Waals surface area contributed by atoms with E-state index < -0.39 is 44.3 Å². The summed E-state index contributed by atoms with van der Waals surface area (Å²) in [7, 11) is -3.73. The van der Waals surface area contributed by atoms with Crippen molar-refractivity contribution in [1.82, 2.24) is 4.90 Å². The summed E-state index contributed by atoms with van der Waals surface area (Å²) < 4.78 is 26.9. The van der Waals surface area contributed by atoms with Gasteiger partial charge in [-0.25, -0.2) is 4.79 Å². The number of fused-ring (bicyclic) bond motifs is 1. The Morgan fingerprint density at radius 1 is 1.53 bits per heavy atom. The average Bonchev–Trinajstić information content (AvgIpc) is 2.55. The standard InChI is InChI=1S/C10H15NO6S2/c1-4-19(15,16)17-5-7(12)11-6(9(13)14)10(2,3)18-8(5)11/h5-6,8H,4H2,1-3H3,(H,13,14)/t5-,6+,8-/m1/s1. The minimum atomic E-state index is -3.73. The van der Waals surface area contributed by atoms with Crippen molar-refractivity contribution >= 4 is 33.8 Å². The molecule has 9 heteroatoms. The Morgan fingerprint density at radius 3 is 2.58 bits per heavy atom. The summed E-state index contributed by atoms with van der Waals surface area (Å²) in [5.74, 6) is -1.89. The van der Waals surface area contributed by atoms with Crippen LogP contribution in [0.3, 0.4) is 0 Å². The van der Waals surface area contributed by atoms with Crippen LogP contribution >= 0.6 is 11.8 Å². The van der Waals surface area contributed by atoms with E-state index in [9.17, 15) is 23.1 Å². The molecule has 0 aromatic heterocycles. The van der Waals surface area contributed by atoms with E-state index in [-0.39, 0.29) is 5.75 Å². The number of carboxylic acid groups (broad SMARTS) is 1. The van der Waals surface area contributed by atoms with Crippen LogP contribution in [0, 0.1) is 0 Å². The molecule has 2 heterocycles. The maximum absolute atomic E-state index is 11.9. The average molecular weight is 309 g/mol. The Balaban J connectivity index is 2.22. The third kappa shape index (κ3) is 2.23. The number of thioether (sulfide) groups is 1. The molecule has 0 bridgehead atoms. The summed E-state index contributed by atoms with van der Waals surface area (Å²) in [6, 6.07) is -0.959. The third-order valence-corrected chi connectivity index (χ3v) is 5.98. The number of carbonyl (C=O) groups excluding carboxylic acids is 1. The SMILES string of the molecule is CCS(=O)(=O)O[C@@H]1C(=O)N2[C@@H]1SC(C)(C)[C@@H]2C(=O)O. The van der Waals surface area contributed by atoms with E-state index in [0.717, 1.165) is 0 Å². The molecule has 1 N–H and O–H groups in total. The molecule has 0 aliphatic carbocycles. The molecule has 2 fully saturated rings. The van der Waals surface area contributed by atoms with Gasteiger partial charge >= 0.3 is 5.97 Å². The van der Waals surface area contributed by atoms with E-state index in [0.29, 0.717) is 0 Å². The highest BCUT2D eigenvalue weighted by Gasteiger charge is 2.65. The normalized spacial score (nSPS) is 32.9. The lowest BCUT2D eigenvalue weighted by Gasteiger charge is -2.42. The monoisotopic (exact) mass is 309 g/mol. The second kappa shape index (κ2) is 4.35. The van der Waals surface area contributed by atoms with Crippen molar-refractivity contribution in [3.63, 3.8) is 0 Å². The van der Waals surface area contributed by atoms with Gasteiger partial charge in [0.05, 0.1) is 5.75 Å². The molecule has 2 aliphatic heterocycles. The maximum atomic E-state index is 11.9. The lowest BCUT2D eigenvalue weighted by atomic mass is 9.97. The molecular weight excluding hydrogens is 294 g/mol. The Bertz CT molecular complexity index is 528. The summed E-state index contributed by atoms with van der Waals surface area (Å²) in [5.41, 5.74) is 0. The maximum Gasteiger partial charge on any atom is 0.327 e. The fraction of sp³-hybridized carbons (Fsp3) is 0.800. The molecule has 7 nitrogen and oxygen atoms in total. The van der Waals surface area contributed by atoms with Gasteiger partial charge in [-0.05, 0) is 20.8 Å². The summed E-state index contributed by atoms with van der Waals surface area (Å²) in [5, 5.41) is 8.64. The van der Waals surface area contributed by atoms with E-state index in [1.807, 2.05) is 0 Å². The smallest absolute Gasteiger partial charge is 0.327 e. The van der Waals surface area contributed by atoms with Crippen LogP contribution in [0.25, 0.3) is 0 Å². The number of amides is 1. The fourth-order valence-electron chi connectivity index (χ4n) is 2.29. The molecule has 0 unspecified atom stereocenters. The van der Waals surface area contributed by atoms with Crippen LogP contribution in [0.4, 0.5) is 0 Å². The van der Waals surface area contributed by atoms with Crippen molar-refractivity contribution in [1.29, 1.82) is 0 Å². The molecule has 0 aromatic carbocycles. The van der Waals surface area contributed by atoms with Crippen molar-refractivity contribution in [2.75, 3.05) is 5.75 Å². The second-order valence-corrected chi connectivity index (χ2v) is 8.62. The zero-order valence-corrected chi connectivity index (χ0v) is 12.3. The largest absolute Gasteiger partial charge is 0.480 e. The van der Waals surface area contributed by atoms with E-state index in [1.54, 1.807) is 13.8 Å². The van der Waals surface area contributed by atoms with Crippen LogP contribution in [-0.2, 0) is 23.9 Å². The molecule has 0 spiro atoms. The Labute approximate surface area is 115 Å². The molecular formula is C10H15NO6S2. The van der Waals surface area contributed by atoms with E-state index in [1.165, 1.54) is 23.6 Å². The first-order valence-corrected chi connectivity index (χ1v) is 8.20. The van der Waals surface area contributed by atoms with Gasteiger partial charge in [-0.3, -0.25) is 8.98 Å². The molecule has 0 aromatic rings. The van der Waals surface area contributed by atoms with Gasteiger partial charge in [-0.2, -0.15) is 8.42 Å². The Kier molecular flexibility index (Phi) is 3.35. The minimum absolute atomic E-state index is 0.222. The number of hydrogen-bond donors (Lipinski definition) is 1. The number of β-lactam (4-membered cyclic amide) rings is 1. The van der Waals surface area contributed by atoms with Gasteiger partial charge in [0.1, 0.15) is 11.4 Å². The molecule has 0 radical (unpaired) electrons. The number of rotatable bonds is 4. The minimum Gasteiger partial charge on any atom is -0.480 e. The quantitative estimate of drug-likeness (QED) is 0.570. The number of hydrogen-bond acceptors (Lipinski definition) is 6. The van der Waals surface area contributed by atoms with Gasteiger partial charge in [0, 0.05) is 4.75 Å². The van der Waals surface area contributed by atoms with Gasteiger partial charge in [0.2, 0.25) is 0 Å². The first-order valence-electron chi connectivity index (χ1n) is 5.74. The number of carbonyl (C=O) groups is 2. The van der Waals surface area contributed by atoms with Crippen LogP contribution in [-0.4, -0.2) is 58.3 Å². The summed E-state index contributed by atoms with van der Waals surface area (Å²) in [6.07, 6.45) is -1.10. The van der Waals surface area contributed by atoms with Crippen LogP contribution in [0.2, 0.25) is 0 Å². The summed E-state index contributed by atoms with van der Waals surface area (Å²) >= 11 is 1.25. The van der Waals surface area contributed by atoms with E-state index in [4.69, 9.17) is 4.18 Å². The van der Waals surface area contributed by atoms with Crippen LogP contribution in [0.5, 0.6) is 0 Å². The molecule has 2 aliphatic rings. The van der Waals surface area contributed by atoms with Crippen molar-refractivity contribution in [2.45, 2.75) is 43.0 Å². The fourth-order valence-corrected chi connectivity index (χ4v) is 4.60. The van der Waals surface area contributed by atoms with Crippen molar-refractivity contribution < 1.29 is 27.3 Å². The molecule has 2 rings (SSSR count). The zero-order valence-electron chi connectivity index (χ0n) is 10.7. The van der Waals surface area contributed by atoms with Crippen molar-refractivity contribution in [2.24, 2.45) is 0 Å². The third-order valence-electron chi connectivity index (χ3n) is 3.23. The highest BCUT2D eigenvalue weighted by Crippen LogP contribution is 2.51. The molecule has 108 valence electrons. The Hall–Kier alpha value is -0.800. The van der Waals surface area contributed by atoms with E-state index in [2.05, 4.69) is 0 Å². The first kappa shape index (κ1) is 14.6. The molecule has 3 atom stereocenters. The van der Waals surface area contributed by atoms with Crippen LogP contribution in [0.1, 0.15) is 20.8 Å². The van der Waals surface area contributed by atoms with Gasteiger partial charge in [-0.1, -0.05) is 0 Å². The van der Waals surface area contributed by atoms with Gasteiger partial charge in [0.25, 0.3) is 16.0 Å². The first-order chi connectivity index (χ1) is 8.60. The number of carboxylic acids is 1. The number of nitrogens with zero attached hydrogens (tertiary/aromatic N) is 1. The molecule has 2 saturated heterocycles. The molecule has 1 amide bonds. The highest BCUT2D eigenvalue weighted by atomic mass is 32.2. The Morgan fingerprint density at radius 2 is 2.11 bits per heavy atom. The predicted octanol–water partition coefficient (Wildman–Crippen LogP) is -0.132. The highest BCUT2D eigenvalue weighted by molar-refractivity contribution is 8.01.